The van der Waals surface area contributed by atoms with Crippen LogP contribution in [0.1, 0.15) is 78.1 Å². The highest BCUT2D eigenvalue weighted by atomic mass is 32.2. The number of ether oxygens (including phenoxy) is 1. The molecule has 6 rings (SSSR count). The van der Waals surface area contributed by atoms with Gasteiger partial charge in [0.05, 0.1) is 20.7 Å². The van der Waals surface area contributed by atoms with Crippen molar-refractivity contribution >= 4 is 21.5 Å². The highest BCUT2D eigenvalue weighted by Gasteiger charge is 2.61. The molecule has 1 spiro atoms. The molecule has 0 aromatic heterocycles. The molecule has 30 heavy (non-hydrogen) atoms. The number of hydrogen-bond donors (Lipinski definition) is 1. The number of amides is 2. The van der Waals surface area contributed by atoms with Crippen LogP contribution in [0.25, 0.3) is 0 Å². The van der Waals surface area contributed by atoms with Crippen LogP contribution in [0.5, 0.6) is 0 Å². The number of carbonyl (C=O) groups excluding carboxylic acids is 2. The van der Waals surface area contributed by atoms with Crippen molar-refractivity contribution in [3.8, 4) is 0 Å². The molecule has 2 aliphatic heterocycles. The SMILES string of the molecule is CC1(C)CCC(C(=O)NC2CCOC3(CCS(=O)(=NC(=O)C45CC(C4)C5)CC3)C2)C1. The fraction of sp³-hybridized carbons (Fsp3) is 0.913. The number of rotatable bonds is 3. The van der Waals surface area contributed by atoms with Gasteiger partial charge in [0.2, 0.25) is 5.91 Å². The van der Waals surface area contributed by atoms with Gasteiger partial charge in [-0.3, -0.25) is 9.59 Å². The van der Waals surface area contributed by atoms with Crippen LogP contribution in [0.3, 0.4) is 0 Å². The molecule has 2 saturated heterocycles. The lowest BCUT2D eigenvalue weighted by Crippen LogP contribution is -2.56. The molecule has 4 aliphatic carbocycles. The molecule has 6 nitrogen and oxygen atoms in total. The Hall–Kier alpha value is -0.950. The van der Waals surface area contributed by atoms with E-state index in [1.54, 1.807) is 0 Å². The monoisotopic (exact) mass is 436 g/mol. The second-order valence-corrected chi connectivity index (χ2v) is 14.2. The molecule has 4 saturated carbocycles. The summed E-state index contributed by atoms with van der Waals surface area (Å²) in [7, 11) is -2.46. The molecule has 0 aromatic carbocycles. The molecule has 2 unspecified atom stereocenters. The predicted octanol–water partition coefficient (Wildman–Crippen LogP) is 3.44. The first-order valence-corrected chi connectivity index (χ1v) is 13.7. The van der Waals surface area contributed by atoms with Gasteiger partial charge in [-0.15, -0.1) is 0 Å². The molecule has 1 N–H and O–H groups in total. The number of hydrogen-bond acceptors (Lipinski definition) is 4. The van der Waals surface area contributed by atoms with Crippen LogP contribution in [0.2, 0.25) is 0 Å². The lowest BCUT2D eigenvalue weighted by Gasteiger charge is -2.59. The number of nitrogens with one attached hydrogen (secondary N) is 1. The molecular weight excluding hydrogens is 400 g/mol. The summed E-state index contributed by atoms with van der Waals surface area (Å²) in [5.74, 6) is 1.83. The first kappa shape index (κ1) is 20.9. The van der Waals surface area contributed by atoms with Gasteiger partial charge >= 0.3 is 0 Å². The lowest BCUT2D eigenvalue weighted by atomic mass is 9.44. The van der Waals surface area contributed by atoms with E-state index in [0.717, 1.165) is 57.3 Å². The summed E-state index contributed by atoms with van der Waals surface area (Å²) in [6.07, 6.45) is 8.88. The average molecular weight is 437 g/mol. The van der Waals surface area contributed by atoms with E-state index >= 15 is 0 Å². The highest BCUT2D eigenvalue weighted by Crippen LogP contribution is 2.65. The van der Waals surface area contributed by atoms with Gasteiger partial charge in [0.1, 0.15) is 0 Å². The maximum Gasteiger partial charge on any atom is 0.260 e. The fourth-order valence-corrected chi connectivity index (χ4v) is 8.74. The Labute approximate surface area is 180 Å². The van der Waals surface area contributed by atoms with Gasteiger partial charge in [-0.1, -0.05) is 13.8 Å². The van der Waals surface area contributed by atoms with Gasteiger partial charge in [-0.05, 0) is 75.5 Å². The van der Waals surface area contributed by atoms with Crippen LogP contribution in [0.15, 0.2) is 4.36 Å². The molecule has 2 bridgehead atoms. The first-order valence-electron chi connectivity index (χ1n) is 11.8. The van der Waals surface area contributed by atoms with Gasteiger partial charge in [0.15, 0.2) is 0 Å². The predicted molar refractivity (Wildman–Crippen MR) is 115 cm³/mol. The Morgan fingerprint density at radius 1 is 1.00 bits per heavy atom. The Balaban J connectivity index is 1.18. The minimum Gasteiger partial charge on any atom is -0.375 e. The minimum atomic E-state index is -2.46. The summed E-state index contributed by atoms with van der Waals surface area (Å²) in [4.78, 5) is 25.3. The van der Waals surface area contributed by atoms with Crippen molar-refractivity contribution in [2.45, 2.75) is 89.7 Å². The van der Waals surface area contributed by atoms with E-state index in [0.29, 0.717) is 31.0 Å². The maximum atomic E-state index is 13.2. The van der Waals surface area contributed by atoms with Gasteiger partial charge in [0, 0.05) is 30.1 Å². The van der Waals surface area contributed by atoms with E-state index in [1.807, 2.05) is 0 Å². The normalized spacial score (nSPS) is 46.5. The van der Waals surface area contributed by atoms with E-state index in [2.05, 4.69) is 23.5 Å². The summed E-state index contributed by atoms with van der Waals surface area (Å²) in [5, 5.41) is 3.30. The molecule has 7 heteroatoms. The van der Waals surface area contributed by atoms with E-state index in [-0.39, 0.29) is 40.2 Å². The Morgan fingerprint density at radius 2 is 1.70 bits per heavy atom. The van der Waals surface area contributed by atoms with Crippen molar-refractivity contribution in [3.05, 3.63) is 0 Å². The van der Waals surface area contributed by atoms with Crippen LogP contribution in [0, 0.1) is 22.7 Å². The summed E-state index contributed by atoms with van der Waals surface area (Å²) >= 11 is 0. The fourth-order valence-electron chi connectivity index (χ4n) is 6.48. The third kappa shape index (κ3) is 3.74. The average Bonchev–Trinajstić information content (AvgIpc) is 2.96. The summed E-state index contributed by atoms with van der Waals surface area (Å²) in [6.45, 7) is 5.11. The van der Waals surface area contributed by atoms with Crippen molar-refractivity contribution in [2.75, 3.05) is 18.1 Å². The molecule has 2 atom stereocenters. The van der Waals surface area contributed by atoms with Crippen LogP contribution < -0.4 is 5.32 Å². The van der Waals surface area contributed by atoms with E-state index in [4.69, 9.17) is 4.74 Å². The second kappa shape index (κ2) is 7.03. The van der Waals surface area contributed by atoms with Crippen LogP contribution >= 0.6 is 0 Å². The van der Waals surface area contributed by atoms with Crippen LogP contribution in [-0.2, 0) is 24.1 Å². The standard InChI is InChI=1S/C23H36N2O4S/c1-21(2)5-3-17(14-21)19(26)24-18-4-8-29-23(15-18)6-9-30(28,10-7-23)25-20(27)22-11-16(12-22)13-22/h16-18H,3-15H2,1-2H3,(H,24,26). The van der Waals surface area contributed by atoms with Gasteiger partial charge in [-0.25, -0.2) is 4.21 Å². The maximum absolute atomic E-state index is 13.2. The molecule has 2 heterocycles. The summed E-state index contributed by atoms with van der Waals surface area (Å²) in [5.41, 5.74) is -0.292. The van der Waals surface area contributed by atoms with Crippen molar-refractivity contribution in [1.29, 1.82) is 0 Å². The smallest absolute Gasteiger partial charge is 0.260 e. The zero-order valence-electron chi connectivity index (χ0n) is 18.4. The molecule has 2 amide bonds. The van der Waals surface area contributed by atoms with Gasteiger partial charge in [0.25, 0.3) is 5.91 Å². The van der Waals surface area contributed by atoms with E-state index < -0.39 is 9.73 Å². The highest BCUT2D eigenvalue weighted by molar-refractivity contribution is 7.93. The quantitative estimate of drug-likeness (QED) is 0.734. The third-order valence-corrected chi connectivity index (χ3v) is 10.9. The molecule has 6 fully saturated rings. The first-order chi connectivity index (χ1) is 14.1. The van der Waals surface area contributed by atoms with Crippen molar-refractivity contribution < 1.29 is 18.5 Å². The van der Waals surface area contributed by atoms with Crippen LogP contribution in [-0.4, -0.2) is 45.8 Å². The molecule has 0 aromatic rings. The zero-order valence-corrected chi connectivity index (χ0v) is 19.2. The van der Waals surface area contributed by atoms with Crippen molar-refractivity contribution in [2.24, 2.45) is 27.0 Å². The summed E-state index contributed by atoms with van der Waals surface area (Å²) in [6, 6.07) is 0.128. The Morgan fingerprint density at radius 3 is 2.27 bits per heavy atom. The summed E-state index contributed by atoms with van der Waals surface area (Å²) < 4.78 is 23.7. The number of nitrogens with zero attached hydrogens (tertiary/aromatic N) is 1. The second-order valence-electron chi connectivity index (χ2n) is 11.7. The Kier molecular flexibility index (Phi) is 4.90. The number of carbonyl (C=O) groups is 2. The van der Waals surface area contributed by atoms with Crippen molar-refractivity contribution in [1.82, 2.24) is 5.32 Å². The molecule has 6 aliphatic rings. The van der Waals surface area contributed by atoms with E-state index in [9.17, 15) is 13.8 Å². The lowest BCUT2D eigenvalue weighted by molar-refractivity contribution is -0.160. The van der Waals surface area contributed by atoms with Crippen molar-refractivity contribution in [3.63, 3.8) is 0 Å². The van der Waals surface area contributed by atoms with E-state index in [1.165, 1.54) is 0 Å². The Bertz CT molecular complexity index is 841. The topological polar surface area (TPSA) is 84.8 Å². The van der Waals surface area contributed by atoms with Gasteiger partial charge < -0.3 is 10.1 Å². The van der Waals surface area contributed by atoms with Crippen LogP contribution in [0.4, 0.5) is 0 Å². The molecule has 168 valence electrons. The molecular formula is C23H36N2O4S. The molecule has 0 radical (unpaired) electrons. The largest absolute Gasteiger partial charge is 0.375 e. The zero-order chi connectivity index (χ0) is 21.2. The third-order valence-electron chi connectivity index (χ3n) is 8.67. The minimum absolute atomic E-state index is 0.0971. The van der Waals surface area contributed by atoms with Gasteiger partial charge in [-0.2, -0.15) is 4.36 Å².